The maximum Gasteiger partial charge on any atom is 0.240 e. The van der Waals surface area contributed by atoms with Gasteiger partial charge in [0.2, 0.25) is 11.9 Å². The number of para-hydroxylation sites is 1. The molecule has 0 saturated heterocycles. The maximum absolute atomic E-state index is 13.5. The largest absolute Gasteiger partial charge is 0.369 e. The molecule has 0 radical (unpaired) electrons. The molecule has 0 aliphatic heterocycles. The van der Waals surface area contributed by atoms with Crippen LogP contribution in [0.1, 0.15) is 13.8 Å². The molecule has 1 aromatic carbocycles. The summed E-state index contributed by atoms with van der Waals surface area (Å²) in [6, 6.07) is 4.61. The number of amides is 1. The van der Waals surface area contributed by atoms with Gasteiger partial charge in [0.05, 0.1) is 5.52 Å². The van der Waals surface area contributed by atoms with Gasteiger partial charge in [0.1, 0.15) is 12.1 Å². The highest BCUT2D eigenvalue weighted by atomic mass is 19.1. The highest BCUT2D eigenvalue weighted by Gasteiger charge is 2.14. The van der Waals surface area contributed by atoms with Gasteiger partial charge in [0.15, 0.2) is 5.82 Å². The molecule has 0 fully saturated rings. The Morgan fingerprint density at radius 1 is 1.56 bits per heavy atom. The van der Waals surface area contributed by atoms with Crippen molar-refractivity contribution in [1.82, 2.24) is 14.9 Å². The average molecular weight is 250 g/mol. The Morgan fingerprint density at radius 2 is 2.28 bits per heavy atom. The zero-order chi connectivity index (χ0) is 13.3. The van der Waals surface area contributed by atoms with Gasteiger partial charge in [-0.15, -0.1) is 0 Å². The Kier molecular flexibility index (Phi) is 3.18. The first kappa shape index (κ1) is 12.3. The van der Waals surface area contributed by atoms with E-state index in [1.54, 1.807) is 12.1 Å². The van der Waals surface area contributed by atoms with Crippen LogP contribution in [0, 0.1) is 5.82 Å². The van der Waals surface area contributed by atoms with Crippen molar-refractivity contribution in [1.29, 1.82) is 0 Å². The number of halogens is 1. The maximum atomic E-state index is 13.5. The molecule has 6 heteroatoms. The fourth-order valence-electron chi connectivity index (χ4n) is 1.81. The van der Waals surface area contributed by atoms with Crippen molar-refractivity contribution < 1.29 is 9.18 Å². The van der Waals surface area contributed by atoms with Crippen molar-refractivity contribution in [3.05, 3.63) is 24.0 Å². The summed E-state index contributed by atoms with van der Waals surface area (Å²) >= 11 is 0. The molecule has 1 aromatic heterocycles. The minimum absolute atomic E-state index is 0.0317. The van der Waals surface area contributed by atoms with Gasteiger partial charge < -0.3 is 15.6 Å². The van der Waals surface area contributed by atoms with Gasteiger partial charge in [-0.2, -0.15) is 0 Å². The number of nitrogens with zero attached hydrogens (tertiary/aromatic N) is 2. The summed E-state index contributed by atoms with van der Waals surface area (Å²) in [7, 11) is 0. The van der Waals surface area contributed by atoms with Crippen molar-refractivity contribution in [2.45, 2.75) is 26.4 Å². The molecule has 0 aliphatic rings. The normalized spacial score (nSPS) is 11.1. The van der Waals surface area contributed by atoms with Gasteiger partial charge in [-0.05, 0) is 26.0 Å². The average Bonchev–Trinajstić information content (AvgIpc) is 2.57. The van der Waals surface area contributed by atoms with Crippen molar-refractivity contribution in [3.63, 3.8) is 0 Å². The van der Waals surface area contributed by atoms with Crippen LogP contribution in [0.4, 0.5) is 10.3 Å². The summed E-state index contributed by atoms with van der Waals surface area (Å²) < 4.78 is 15.0. The van der Waals surface area contributed by atoms with Gasteiger partial charge in [-0.3, -0.25) is 4.79 Å². The lowest BCUT2D eigenvalue weighted by molar-refractivity contribution is -0.122. The lowest BCUT2D eigenvalue weighted by atomic mass is 10.3. The summed E-state index contributed by atoms with van der Waals surface area (Å²) in [5, 5.41) is 2.75. The lowest BCUT2D eigenvalue weighted by Crippen LogP contribution is -2.33. The number of carbonyl (C=O) groups excluding carboxylic acids is 1. The number of benzene rings is 1. The molecule has 96 valence electrons. The molecule has 0 spiro atoms. The number of hydrogen-bond donors (Lipinski definition) is 2. The number of rotatable bonds is 3. The second-order valence-corrected chi connectivity index (χ2v) is 4.39. The molecule has 1 heterocycles. The Balaban J connectivity index is 2.36. The summed E-state index contributed by atoms with van der Waals surface area (Å²) in [5.74, 6) is -0.489. The number of fused-ring (bicyclic) bond motifs is 1. The number of anilines is 1. The highest BCUT2D eigenvalue weighted by Crippen LogP contribution is 2.20. The lowest BCUT2D eigenvalue weighted by Gasteiger charge is -2.10. The van der Waals surface area contributed by atoms with Crippen LogP contribution in [0.15, 0.2) is 18.2 Å². The van der Waals surface area contributed by atoms with E-state index in [-0.39, 0.29) is 30.0 Å². The van der Waals surface area contributed by atoms with E-state index >= 15 is 0 Å². The van der Waals surface area contributed by atoms with Crippen LogP contribution in [0.3, 0.4) is 0 Å². The number of aromatic nitrogens is 2. The van der Waals surface area contributed by atoms with Gasteiger partial charge in [-0.25, -0.2) is 9.37 Å². The molecule has 0 unspecified atom stereocenters. The Labute approximate surface area is 104 Å². The summed E-state index contributed by atoms with van der Waals surface area (Å²) in [5.41, 5.74) is 6.41. The second kappa shape index (κ2) is 4.64. The van der Waals surface area contributed by atoms with E-state index in [1.807, 2.05) is 13.8 Å². The van der Waals surface area contributed by atoms with Crippen LogP contribution in [0.5, 0.6) is 0 Å². The molecule has 2 rings (SSSR count). The van der Waals surface area contributed by atoms with E-state index < -0.39 is 5.82 Å². The van der Waals surface area contributed by atoms with E-state index in [9.17, 15) is 9.18 Å². The topological polar surface area (TPSA) is 72.9 Å². The van der Waals surface area contributed by atoms with Crippen LogP contribution in [0.25, 0.3) is 11.0 Å². The van der Waals surface area contributed by atoms with Crippen LogP contribution >= 0.6 is 0 Å². The monoisotopic (exact) mass is 250 g/mol. The molecule has 1 amide bonds. The Morgan fingerprint density at radius 3 is 2.94 bits per heavy atom. The smallest absolute Gasteiger partial charge is 0.240 e. The number of hydrogen-bond acceptors (Lipinski definition) is 3. The zero-order valence-corrected chi connectivity index (χ0v) is 10.3. The number of nitrogen functional groups attached to an aromatic ring is 1. The van der Waals surface area contributed by atoms with Gasteiger partial charge in [0.25, 0.3) is 0 Å². The zero-order valence-electron chi connectivity index (χ0n) is 10.3. The first-order chi connectivity index (χ1) is 8.49. The fourth-order valence-corrected chi connectivity index (χ4v) is 1.81. The Hall–Kier alpha value is -2.11. The van der Waals surface area contributed by atoms with E-state index in [0.29, 0.717) is 5.52 Å². The molecule has 0 atom stereocenters. The fraction of sp³-hybridized carbons (Fsp3) is 0.333. The second-order valence-electron chi connectivity index (χ2n) is 4.39. The van der Waals surface area contributed by atoms with Crippen LogP contribution in [-0.2, 0) is 11.3 Å². The van der Waals surface area contributed by atoms with Crippen LogP contribution < -0.4 is 11.1 Å². The van der Waals surface area contributed by atoms with E-state index in [4.69, 9.17) is 5.73 Å². The van der Waals surface area contributed by atoms with E-state index in [1.165, 1.54) is 10.6 Å². The molecule has 3 N–H and O–H groups in total. The molecule has 0 saturated carbocycles. The van der Waals surface area contributed by atoms with E-state index in [2.05, 4.69) is 10.3 Å². The molecule has 5 nitrogen and oxygen atoms in total. The SMILES string of the molecule is CC(C)NC(=O)Cn1c(N)nc2c(F)cccc21. The number of nitrogens with two attached hydrogens (primary N) is 1. The van der Waals surface area contributed by atoms with Crippen molar-refractivity contribution in [2.24, 2.45) is 0 Å². The molecule has 0 aliphatic carbocycles. The summed E-state index contributed by atoms with van der Waals surface area (Å²) in [6.45, 7) is 3.77. The third-order valence-corrected chi connectivity index (χ3v) is 2.51. The van der Waals surface area contributed by atoms with Crippen molar-refractivity contribution in [2.75, 3.05) is 5.73 Å². The van der Waals surface area contributed by atoms with Gasteiger partial charge >= 0.3 is 0 Å². The molecular formula is C12H15FN4O. The third-order valence-electron chi connectivity index (χ3n) is 2.51. The molecule has 0 bridgehead atoms. The summed E-state index contributed by atoms with van der Waals surface area (Å²) in [6.07, 6.45) is 0. The molecule has 2 aromatic rings. The molecule has 18 heavy (non-hydrogen) atoms. The minimum atomic E-state index is -0.442. The van der Waals surface area contributed by atoms with Gasteiger partial charge in [-0.1, -0.05) is 6.07 Å². The van der Waals surface area contributed by atoms with Crippen LogP contribution in [0.2, 0.25) is 0 Å². The van der Waals surface area contributed by atoms with Gasteiger partial charge in [0, 0.05) is 6.04 Å². The molecular weight excluding hydrogens is 235 g/mol. The standard InChI is InChI=1S/C12H15FN4O/c1-7(2)15-10(18)6-17-9-5-3-4-8(13)11(9)16-12(17)14/h3-5,7H,6H2,1-2H3,(H2,14,16)(H,15,18). The quantitative estimate of drug-likeness (QED) is 0.862. The van der Waals surface area contributed by atoms with Crippen molar-refractivity contribution >= 4 is 22.9 Å². The first-order valence-electron chi connectivity index (χ1n) is 5.68. The number of carbonyl (C=O) groups is 1. The predicted octanol–water partition coefficient (Wildman–Crippen LogP) is 1.28. The van der Waals surface area contributed by atoms with Crippen LogP contribution in [-0.4, -0.2) is 21.5 Å². The van der Waals surface area contributed by atoms with Crippen molar-refractivity contribution in [3.8, 4) is 0 Å². The van der Waals surface area contributed by atoms with E-state index in [0.717, 1.165) is 0 Å². The third kappa shape index (κ3) is 2.27. The summed E-state index contributed by atoms with van der Waals surface area (Å²) in [4.78, 5) is 15.6. The highest BCUT2D eigenvalue weighted by molar-refractivity contribution is 5.83. The Bertz CT molecular complexity index is 591. The predicted molar refractivity (Wildman–Crippen MR) is 67.4 cm³/mol. The minimum Gasteiger partial charge on any atom is -0.369 e. The number of imidazole rings is 1. The first-order valence-corrected chi connectivity index (χ1v) is 5.68. The number of nitrogens with one attached hydrogen (secondary N) is 1.